The van der Waals surface area contributed by atoms with Crippen LogP contribution in [0, 0.1) is 10.1 Å². The highest BCUT2D eigenvalue weighted by Gasteiger charge is 2.21. The second kappa shape index (κ2) is 10.7. The standard InChI is InChI=1S/C16H25N3O5S.ClH/c1-24-16-12-14(8-9-15(16)19(20)21)25(22,23)18-11-10-17-13-6-4-2-3-5-7-13;/h8-9,12-13,17-18H,2-7,10-11H2,1H3;1H. The first-order valence-corrected chi connectivity index (χ1v) is 9.98. The number of rotatable bonds is 8. The third kappa shape index (κ3) is 6.39. The van der Waals surface area contributed by atoms with E-state index in [4.69, 9.17) is 4.74 Å². The van der Waals surface area contributed by atoms with Crippen LogP contribution in [-0.2, 0) is 10.0 Å². The van der Waals surface area contributed by atoms with E-state index in [1.54, 1.807) is 0 Å². The number of nitrogens with zero attached hydrogens (tertiary/aromatic N) is 1. The van der Waals surface area contributed by atoms with E-state index in [2.05, 4.69) is 10.0 Å². The number of benzene rings is 1. The fourth-order valence-corrected chi connectivity index (χ4v) is 4.05. The van der Waals surface area contributed by atoms with Gasteiger partial charge in [0.15, 0.2) is 5.75 Å². The molecule has 1 aliphatic carbocycles. The van der Waals surface area contributed by atoms with Crippen molar-refractivity contribution < 1.29 is 18.1 Å². The summed E-state index contributed by atoms with van der Waals surface area (Å²) in [5, 5.41) is 14.3. The van der Waals surface area contributed by atoms with Crippen molar-refractivity contribution in [1.29, 1.82) is 0 Å². The molecule has 0 spiro atoms. The van der Waals surface area contributed by atoms with Gasteiger partial charge in [-0.1, -0.05) is 25.7 Å². The Labute approximate surface area is 160 Å². The van der Waals surface area contributed by atoms with Gasteiger partial charge in [0.25, 0.3) is 0 Å². The summed E-state index contributed by atoms with van der Waals surface area (Å²) in [5.74, 6) is -0.0792. The number of hydrogen-bond donors (Lipinski definition) is 2. The summed E-state index contributed by atoms with van der Waals surface area (Å²) >= 11 is 0. The van der Waals surface area contributed by atoms with Gasteiger partial charge in [-0.25, -0.2) is 13.1 Å². The van der Waals surface area contributed by atoms with Crippen molar-refractivity contribution in [3.63, 3.8) is 0 Å². The van der Waals surface area contributed by atoms with Gasteiger partial charge in [0.2, 0.25) is 10.0 Å². The second-order valence-corrected chi connectivity index (χ2v) is 7.90. The lowest BCUT2D eigenvalue weighted by atomic mass is 10.1. The smallest absolute Gasteiger partial charge is 0.310 e. The summed E-state index contributed by atoms with van der Waals surface area (Å²) in [7, 11) is -2.47. The molecule has 0 aliphatic heterocycles. The quantitative estimate of drug-likeness (QED) is 0.296. The monoisotopic (exact) mass is 407 g/mol. The molecule has 0 amide bonds. The van der Waals surface area contributed by atoms with Gasteiger partial charge in [0.1, 0.15) is 0 Å². The molecule has 10 heteroatoms. The fourth-order valence-electron chi connectivity index (χ4n) is 3.00. The Morgan fingerprint density at radius 3 is 2.42 bits per heavy atom. The van der Waals surface area contributed by atoms with E-state index in [0.717, 1.165) is 18.9 Å². The van der Waals surface area contributed by atoms with Gasteiger partial charge in [0, 0.05) is 31.3 Å². The normalized spacial score (nSPS) is 15.7. The number of nitro groups is 1. The second-order valence-electron chi connectivity index (χ2n) is 6.13. The first kappa shape index (κ1) is 22.6. The van der Waals surface area contributed by atoms with E-state index in [-0.39, 0.29) is 35.3 Å². The third-order valence-corrected chi connectivity index (χ3v) is 5.82. The van der Waals surface area contributed by atoms with Crippen molar-refractivity contribution in [3.8, 4) is 5.75 Å². The molecule has 0 radical (unpaired) electrons. The van der Waals surface area contributed by atoms with E-state index < -0.39 is 14.9 Å². The Kier molecular flexibility index (Phi) is 9.28. The highest BCUT2D eigenvalue weighted by Crippen LogP contribution is 2.29. The molecule has 1 aromatic rings. The van der Waals surface area contributed by atoms with Gasteiger partial charge in [-0.2, -0.15) is 0 Å². The lowest BCUT2D eigenvalue weighted by molar-refractivity contribution is -0.385. The summed E-state index contributed by atoms with van der Waals surface area (Å²) in [5.41, 5.74) is -0.267. The highest BCUT2D eigenvalue weighted by molar-refractivity contribution is 7.89. The Hall–Kier alpha value is -1.42. The summed E-state index contributed by atoms with van der Waals surface area (Å²) in [6, 6.07) is 3.96. The highest BCUT2D eigenvalue weighted by atomic mass is 35.5. The average Bonchev–Trinajstić information content (AvgIpc) is 2.86. The maximum Gasteiger partial charge on any atom is 0.310 e. The molecular weight excluding hydrogens is 382 g/mol. The topological polar surface area (TPSA) is 111 Å². The van der Waals surface area contributed by atoms with E-state index in [0.29, 0.717) is 12.6 Å². The Bertz CT molecular complexity index is 691. The van der Waals surface area contributed by atoms with Crippen LogP contribution in [0.2, 0.25) is 0 Å². The number of sulfonamides is 1. The Morgan fingerprint density at radius 1 is 1.19 bits per heavy atom. The zero-order valence-electron chi connectivity index (χ0n) is 14.8. The molecule has 1 aliphatic rings. The van der Waals surface area contributed by atoms with Gasteiger partial charge in [-0.05, 0) is 18.9 Å². The molecule has 148 valence electrons. The minimum absolute atomic E-state index is 0. The maximum absolute atomic E-state index is 12.3. The summed E-state index contributed by atoms with van der Waals surface area (Å²) < 4.78 is 32.1. The summed E-state index contributed by atoms with van der Waals surface area (Å²) in [4.78, 5) is 10.2. The van der Waals surface area contributed by atoms with Gasteiger partial charge in [-0.3, -0.25) is 10.1 Å². The van der Waals surface area contributed by atoms with Crippen LogP contribution in [0.1, 0.15) is 38.5 Å². The zero-order valence-corrected chi connectivity index (χ0v) is 16.4. The lowest BCUT2D eigenvalue weighted by Gasteiger charge is -2.16. The van der Waals surface area contributed by atoms with Gasteiger partial charge < -0.3 is 10.1 Å². The van der Waals surface area contributed by atoms with Crippen molar-refractivity contribution >= 4 is 28.1 Å². The van der Waals surface area contributed by atoms with Crippen molar-refractivity contribution in [2.75, 3.05) is 20.2 Å². The summed E-state index contributed by atoms with van der Waals surface area (Å²) in [6.45, 7) is 0.812. The molecule has 1 saturated carbocycles. The lowest BCUT2D eigenvalue weighted by Crippen LogP contribution is -2.36. The zero-order chi connectivity index (χ0) is 18.3. The van der Waals surface area contributed by atoms with E-state index in [9.17, 15) is 18.5 Å². The van der Waals surface area contributed by atoms with Crippen LogP contribution in [-0.4, -0.2) is 39.6 Å². The predicted molar refractivity (Wildman–Crippen MR) is 102 cm³/mol. The van der Waals surface area contributed by atoms with Crippen LogP contribution in [0.3, 0.4) is 0 Å². The molecule has 0 aromatic heterocycles. The number of nitrogens with one attached hydrogen (secondary N) is 2. The first-order chi connectivity index (χ1) is 11.9. The molecule has 0 heterocycles. The number of ether oxygens (including phenoxy) is 1. The largest absolute Gasteiger partial charge is 0.490 e. The molecule has 8 nitrogen and oxygen atoms in total. The SMILES string of the molecule is COc1cc(S(=O)(=O)NCCNC2CCCCCC2)ccc1[N+](=O)[O-].Cl. The molecule has 1 aromatic carbocycles. The third-order valence-electron chi connectivity index (χ3n) is 4.36. The van der Waals surface area contributed by atoms with Crippen LogP contribution in [0.25, 0.3) is 0 Å². The molecule has 1 fully saturated rings. The molecule has 0 unspecified atom stereocenters. The molecular formula is C16H26ClN3O5S. The molecule has 0 atom stereocenters. The minimum atomic E-state index is -3.74. The van der Waals surface area contributed by atoms with E-state index in [1.807, 2.05) is 0 Å². The van der Waals surface area contributed by atoms with Crippen LogP contribution in [0.15, 0.2) is 23.1 Å². The van der Waals surface area contributed by atoms with Gasteiger partial charge in [-0.15, -0.1) is 12.4 Å². The van der Waals surface area contributed by atoms with E-state index >= 15 is 0 Å². The number of methoxy groups -OCH3 is 1. The minimum Gasteiger partial charge on any atom is -0.490 e. The summed E-state index contributed by atoms with van der Waals surface area (Å²) in [6.07, 6.45) is 7.23. The van der Waals surface area contributed by atoms with Crippen LogP contribution < -0.4 is 14.8 Å². The van der Waals surface area contributed by atoms with Crippen LogP contribution in [0.4, 0.5) is 5.69 Å². The van der Waals surface area contributed by atoms with Crippen molar-refractivity contribution in [1.82, 2.24) is 10.0 Å². The average molecular weight is 408 g/mol. The number of halogens is 1. The van der Waals surface area contributed by atoms with Crippen molar-refractivity contribution in [2.24, 2.45) is 0 Å². The first-order valence-electron chi connectivity index (χ1n) is 8.49. The van der Waals surface area contributed by atoms with Crippen LogP contribution in [0.5, 0.6) is 5.75 Å². The van der Waals surface area contributed by atoms with Gasteiger partial charge >= 0.3 is 5.69 Å². The fraction of sp³-hybridized carbons (Fsp3) is 0.625. The van der Waals surface area contributed by atoms with Crippen molar-refractivity contribution in [3.05, 3.63) is 28.3 Å². The number of nitro benzene ring substituents is 1. The molecule has 2 N–H and O–H groups in total. The van der Waals surface area contributed by atoms with E-state index in [1.165, 1.54) is 44.9 Å². The predicted octanol–water partition coefficient (Wildman–Crippen LogP) is 2.62. The molecule has 0 bridgehead atoms. The van der Waals surface area contributed by atoms with Gasteiger partial charge in [0.05, 0.1) is 16.9 Å². The van der Waals surface area contributed by atoms with Crippen LogP contribution >= 0.6 is 12.4 Å². The molecule has 2 rings (SSSR count). The maximum atomic E-state index is 12.3. The number of hydrogen-bond acceptors (Lipinski definition) is 6. The molecule has 0 saturated heterocycles. The Balaban J connectivity index is 0.00000338. The Morgan fingerprint density at radius 2 is 1.85 bits per heavy atom. The molecule has 26 heavy (non-hydrogen) atoms. The van der Waals surface area contributed by atoms with Crippen molar-refractivity contribution in [2.45, 2.75) is 49.5 Å².